The number of pyridine rings is 1. The van der Waals surface area contributed by atoms with Crippen molar-refractivity contribution in [3.63, 3.8) is 0 Å². The van der Waals surface area contributed by atoms with Crippen molar-refractivity contribution in [3.05, 3.63) is 36.3 Å². The molecule has 88 valence electrons. The lowest BCUT2D eigenvalue weighted by Crippen LogP contribution is -2.14. The Hall–Kier alpha value is -1.42. The molecule has 0 aliphatic rings. The first kappa shape index (κ1) is 12.6. The fourth-order valence-electron chi connectivity index (χ4n) is 1.20. The van der Waals surface area contributed by atoms with E-state index in [2.05, 4.69) is 16.9 Å². The molecule has 0 spiro atoms. The Morgan fingerprint density at radius 2 is 2.44 bits per heavy atom. The van der Waals surface area contributed by atoms with Gasteiger partial charge in [-0.3, -0.25) is 0 Å². The van der Waals surface area contributed by atoms with E-state index in [0.717, 1.165) is 6.54 Å². The van der Waals surface area contributed by atoms with Gasteiger partial charge >= 0.3 is 0 Å². The minimum absolute atomic E-state index is 0.0669. The van der Waals surface area contributed by atoms with Gasteiger partial charge in [0.1, 0.15) is 0 Å². The monoisotopic (exact) mass is 224 g/mol. The Labute approximate surface area is 95.3 Å². The van der Waals surface area contributed by atoms with Gasteiger partial charge in [-0.05, 0) is 19.0 Å². The first-order valence-corrected chi connectivity index (χ1v) is 5.37. The molecule has 1 aromatic heterocycles. The predicted octanol–water partition coefficient (Wildman–Crippen LogP) is 2.29. The third-order valence-electron chi connectivity index (χ3n) is 2.06. The van der Waals surface area contributed by atoms with Gasteiger partial charge in [0.15, 0.2) is 5.82 Å². The van der Waals surface area contributed by atoms with Crippen LogP contribution >= 0.6 is 0 Å². The average molecular weight is 224 g/mol. The van der Waals surface area contributed by atoms with Gasteiger partial charge < -0.3 is 10.1 Å². The fraction of sp³-hybridized carbons (Fsp3) is 0.417. The molecule has 16 heavy (non-hydrogen) atoms. The first-order chi connectivity index (χ1) is 7.79. The van der Waals surface area contributed by atoms with E-state index in [1.165, 1.54) is 0 Å². The highest BCUT2D eigenvalue weighted by atomic mass is 19.1. The van der Waals surface area contributed by atoms with Gasteiger partial charge in [0.05, 0.1) is 6.61 Å². The predicted molar refractivity (Wildman–Crippen MR) is 61.9 cm³/mol. The van der Waals surface area contributed by atoms with Crippen LogP contribution in [0.4, 0.5) is 4.39 Å². The highest BCUT2D eigenvalue weighted by Crippen LogP contribution is 2.17. The molecule has 1 rings (SSSR count). The molecule has 0 aromatic carbocycles. The average Bonchev–Trinajstić information content (AvgIpc) is 2.30. The van der Waals surface area contributed by atoms with Crippen molar-refractivity contribution in [2.24, 2.45) is 0 Å². The molecular formula is C12H17FN2O. The molecule has 1 heterocycles. The van der Waals surface area contributed by atoms with Gasteiger partial charge in [-0.15, -0.1) is 6.58 Å². The van der Waals surface area contributed by atoms with Crippen LogP contribution in [0.25, 0.3) is 0 Å². The minimum Gasteiger partial charge on any atom is -0.475 e. The number of nitrogens with one attached hydrogen (secondary N) is 1. The Bertz CT molecular complexity index is 342. The normalized spacial score (nSPS) is 10.1. The van der Waals surface area contributed by atoms with E-state index >= 15 is 0 Å². The third kappa shape index (κ3) is 3.62. The van der Waals surface area contributed by atoms with E-state index in [0.29, 0.717) is 25.1 Å². The quantitative estimate of drug-likeness (QED) is 0.570. The Morgan fingerprint density at radius 3 is 3.12 bits per heavy atom. The van der Waals surface area contributed by atoms with Crippen molar-refractivity contribution in [2.45, 2.75) is 19.9 Å². The molecule has 1 N–H and O–H groups in total. The summed E-state index contributed by atoms with van der Waals surface area (Å²) < 4.78 is 19.0. The molecule has 0 atom stereocenters. The second-order valence-electron chi connectivity index (χ2n) is 3.30. The van der Waals surface area contributed by atoms with Crippen LogP contribution in [0.2, 0.25) is 0 Å². The zero-order valence-corrected chi connectivity index (χ0v) is 9.50. The maximum Gasteiger partial charge on any atom is 0.250 e. The molecule has 0 unspecified atom stereocenters. The van der Waals surface area contributed by atoms with Gasteiger partial charge in [-0.2, -0.15) is 0 Å². The zero-order valence-electron chi connectivity index (χ0n) is 9.50. The van der Waals surface area contributed by atoms with Crippen LogP contribution in [-0.4, -0.2) is 18.1 Å². The Balaban J connectivity index is 2.65. The van der Waals surface area contributed by atoms with E-state index in [9.17, 15) is 4.39 Å². The summed E-state index contributed by atoms with van der Waals surface area (Å²) >= 11 is 0. The zero-order chi connectivity index (χ0) is 11.8. The summed E-state index contributed by atoms with van der Waals surface area (Å²) in [6.07, 6.45) is 3.96. The number of hydrogen-bond donors (Lipinski definition) is 1. The molecule has 0 bridgehead atoms. The number of nitrogens with zero attached hydrogens (tertiary/aromatic N) is 1. The van der Waals surface area contributed by atoms with Gasteiger partial charge in [0, 0.05) is 18.3 Å². The minimum atomic E-state index is -0.382. The highest BCUT2D eigenvalue weighted by molar-refractivity contribution is 5.23. The molecule has 0 amide bonds. The first-order valence-electron chi connectivity index (χ1n) is 5.37. The molecule has 0 saturated carbocycles. The van der Waals surface area contributed by atoms with Gasteiger partial charge in [-0.1, -0.05) is 13.0 Å². The summed E-state index contributed by atoms with van der Waals surface area (Å²) in [5, 5.41) is 3.06. The molecule has 3 nitrogen and oxygen atoms in total. The molecule has 0 aliphatic carbocycles. The Kier molecular flexibility index (Phi) is 5.50. The summed E-state index contributed by atoms with van der Waals surface area (Å²) in [5.41, 5.74) is 0.574. The van der Waals surface area contributed by atoms with Crippen LogP contribution in [0, 0.1) is 5.82 Å². The third-order valence-corrected chi connectivity index (χ3v) is 2.06. The van der Waals surface area contributed by atoms with E-state index in [1.54, 1.807) is 18.3 Å². The van der Waals surface area contributed by atoms with E-state index in [4.69, 9.17) is 4.74 Å². The fourth-order valence-corrected chi connectivity index (χ4v) is 1.20. The lowest BCUT2D eigenvalue weighted by molar-refractivity contribution is 0.293. The van der Waals surface area contributed by atoms with Crippen LogP contribution in [0.3, 0.4) is 0 Å². The number of rotatable bonds is 7. The molecule has 0 fully saturated rings. The molecular weight excluding hydrogens is 207 g/mol. The van der Waals surface area contributed by atoms with Crippen LogP contribution in [0.1, 0.15) is 18.9 Å². The topological polar surface area (TPSA) is 34.1 Å². The summed E-state index contributed by atoms with van der Waals surface area (Å²) in [5.74, 6) is -0.315. The van der Waals surface area contributed by atoms with Crippen molar-refractivity contribution < 1.29 is 9.13 Å². The Morgan fingerprint density at radius 1 is 1.62 bits per heavy atom. The lowest BCUT2D eigenvalue weighted by atomic mass is 10.2. The van der Waals surface area contributed by atoms with Crippen LogP contribution < -0.4 is 10.1 Å². The molecule has 0 saturated heterocycles. The van der Waals surface area contributed by atoms with Crippen molar-refractivity contribution >= 4 is 0 Å². The lowest BCUT2D eigenvalue weighted by Gasteiger charge is -2.08. The van der Waals surface area contributed by atoms with Gasteiger partial charge in [0.2, 0.25) is 0 Å². The SMILES string of the molecule is C=CCCOc1nccc(CNCC)c1F. The van der Waals surface area contributed by atoms with Crippen molar-refractivity contribution in [1.82, 2.24) is 10.3 Å². The van der Waals surface area contributed by atoms with Crippen molar-refractivity contribution in [2.75, 3.05) is 13.2 Å². The smallest absolute Gasteiger partial charge is 0.250 e. The maximum absolute atomic E-state index is 13.8. The van der Waals surface area contributed by atoms with Crippen LogP contribution in [0.5, 0.6) is 5.88 Å². The maximum atomic E-state index is 13.8. The van der Waals surface area contributed by atoms with Crippen molar-refractivity contribution in [1.29, 1.82) is 0 Å². The van der Waals surface area contributed by atoms with Gasteiger partial charge in [-0.25, -0.2) is 9.37 Å². The second kappa shape index (κ2) is 6.95. The van der Waals surface area contributed by atoms with E-state index in [1.807, 2.05) is 6.92 Å². The summed E-state index contributed by atoms with van der Waals surface area (Å²) in [4.78, 5) is 3.86. The number of halogens is 1. The standard InChI is InChI=1S/C12H17FN2O/c1-3-5-8-16-12-11(13)10(6-7-15-12)9-14-4-2/h3,6-7,14H,1,4-5,8-9H2,2H3. The molecule has 0 aliphatic heterocycles. The van der Waals surface area contributed by atoms with E-state index < -0.39 is 0 Å². The largest absolute Gasteiger partial charge is 0.475 e. The van der Waals surface area contributed by atoms with Crippen LogP contribution in [-0.2, 0) is 6.54 Å². The van der Waals surface area contributed by atoms with Gasteiger partial charge in [0.25, 0.3) is 5.88 Å². The van der Waals surface area contributed by atoms with Crippen LogP contribution in [0.15, 0.2) is 24.9 Å². The number of hydrogen-bond acceptors (Lipinski definition) is 3. The number of ether oxygens (including phenoxy) is 1. The second-order valence-corrected chi connectivity index (χ2v) is 3.30. The molecule has 1 aromatic rings. The van der Waals surface area contributed by atoms with Crippen molar-refractivity contribution in [3.8, 4) is 5.88 Å². The molecule has 4 heteroatoms. The summed E-state index contributed by atoms with van der Waals surface area (Å²) in [7, 11) is 0. The highest BCUT2D eigenvalue weighted by Gasteiger charge is 2.09. The van der Waals surface area contributed by atoms with E-state index in [-0.39, 0.29) is 11.7 Å². The number of aromatic nitrogens is 1. The summed E-state index contributed by atoms with van der Waals surface area (Å²) in [6, 6.07) is 1.65. The summed E-state index contributed by atoms with van der Waals surface area (Å²) in [6.45, 7) is 7.23. The molecule has 0 radical (unpaired) electrons.